The van der Waals surface area contributed by atoms with Crippen molar-refractivity contribution in [2.75, 3.05) is 0 Å². The van der Waals surface area contributed by atoms with E-state index in [4.69, 9.17) is 0 Å². The van der Waals surface area contributed by atoms with Gasteiger partial charge < -0.3 is 5.32 Å². The number of halogens is 1. The van der Waals surface area contributed by atoms with Gasteiger partial charge in [0.2, 0.25) is 0 Å². The molecule has 0 saturated heterocycles. The molecule has 3 aromatic heterocycles. The Kier molecular flexibility index (Phi) is 4.48. The second-order valence-corrected chi connectivity index (χ2v) is 6.22. The van der Waals surface area contributed by atoms with E-state index in [1.165, 1.54) is 29.5 Å². The molecule has 0 bridgehead atoms. The van der Waals surface area contributed by atoms with Gasteiger partial charge in [-0.1, -0.05) is 6.07 Å². The monoisotopic (exact) mass is 377 g/mol. The first-order chi connectivity index (χ1) is 13.5. The number of carbonyl (C=O) groups is 1. The first kappa shape index (κ1) is 17.7. The predicted molar refractivity (Wildman–Crippen MR) is 99.3 cm³/mol. The Labute approximate surface area is 159 Å². The van der Waals surface area contributed by atoms with Crippen LogP contribution in [0, 0.1) is 19.7 Å². The van der Waals surface area contributed by atoms with E-state index in [0.717, 1.165) is 5.56 Å². The second kappa shape index (κ2) is 7.10. The minimum atomic E-state index is -0.542. The fourth-order valence-electron chi connectivity index (χ4n) is 2.83. The number of rotatable bonds is 4. The molecule has 140 valence electrons. The van der Waals surface area contributed by atoms with Crippen LogP contribution in [0.15, 0.2) is 43.1 Å². The molecule has 0 radical (unpaired) electrons. The summed E-state index contributed by atoms with van der Waals surface area (Å²) in [4.78, 5) is 29.7. The van der Waals surface area contributed by atoms with Gasteiger partial charge in [0.25, 0.3) is 5.91 Å². The van der Waals surface area contributed by atoms with Crippen molar-refractivity contribution in [3.05, 3.63) is 71.4 Å². The minimum Gasteiger partial charge on any atom is -0.348 e. The summed E-state index contributed by atoms with van der Waals surface area (Å²) < 4.78 is 15.5. The van der Waals surface area contributed by atoms with Crippen molar-refractivity contribution in [1.29, 1.82) is 0 Å². The van der Waals surface area contributed by atoms with Crippen molar-refractivity contribution < 1.29 is 9.18 Å². The molecule has 0 spiro atoms. The van der Waals surface area contributed by atoms with Crippen molar-refractivity contribution in [3.8, 4) is 5.82 Å². The molecule has 0 aliphatic heterocycles. The highest BCUT2D eigenvalue weighted by Crippen LogP contribution is 2.19. The number of hydrogen-bond donors (Lipinski definition) is 1. The van der Waals surface area contributed by atoms with Gasteiger partial charge in [0.1, 0.15) is 24.0 Å². The average Bonchev–Trinajstić information content (AvgIpc) is 3.21. The molecular formula is C19H16FN7O. The number of benzene rings is 1. The lowest BCUT2D eigenvalue weighted by atomic mass is 10.1. The lowest BCUT2D eigenvalue weighted by molar-refractivity contribution is 0.0952. The van der Waals surface area contributed by atoms with Gasteiger partial charge in [-0.3, -0.25) is 4.79 Å². The molecule has 0 fully saturated rings. The third-order valence-electron chi connectivity index (χ3n) is 4.33. The molecule has 4 aromatic rings. The maximum absolute atomic E-state index is 14.0. The van der Waals surface area contributed by atoms with Gasteiger partial charge >= 0.3 is 0 Å². The van der Waals surface area contributed by atoms with Gasteiger partial charge in [0, 0.05) is 24.4 Å². The van der Waals surface area contributed by atoms with Crippen LogP contribution in [0.1, 0.15) is 27.3 Å². The zero-order valence-electron chi connectivity index (χ0n) is 15.2. The molecule has 0 aliphatic rings. The normalized spacial score (nSPS) is 11.0. The van der Waals surface area contributed by atoms with Crippen LogP contribution in [-0.4, -0.2) is 35.6 Å². The number of hydrogen-bond acceptors (Lipinski definition) is 6. The van der Waals surface area contributed by atoms with Crippen LogP contribution in [-0.2, 0) is 6.54 Å². The highest BCUT2D eigenvalue weighted by Gasteiger charge is 2.16. The van der Waals surface area contributed by atoms with Gasteiger partial charge in [0.05, 0.1) is 22.5 Å². The SMILES string of the molecule is Cc1nc2cc(F)cc(C(=O)NCc3cccnc3-n3cncn3)c2nc1C. The van der Waals surface area contributed by atoms with Crippen LogP contribution in [0.4, 0.5) is 4.39 Å². The number of aryl methyl sites for hydroxylation is 2. The second-order valence-electron chi connectivity index (χ2n) is 6.22. The molecule has 0 atom stereocenters. The third-order valence-corrected chi connectivity index (χ3v) is 4.33. The van der Waals surface area contributed by atoms with Crippen molar-refractivity contribution in [3.63, 3.8) is 0 Å². The Hall–Kier alpha value is -3.75. The first-order valence-electron chi connectivity index (χ1n) is 8.54. The maximum Gasteiger partial charge on any atom is 0.253 e. The van der Waals surface area contributed by atoms with Crippen molar-refractivity contribution in [2.45, 2.75) is 20.4 Å². The number of amides is 1. The van der Waals surface area contributed by atoms with E-state index in [2.05, 4.69) is 30.4 Å². The van der Waals surface area contributed by atoms with Crippen molar-refractivity contribution in [1.82, 2.24) is 35.0 Å². The van der Waals surface area contributed by atoms with E-state index in [-0.39, 0.29) is 12.1 Å². The number of nitrogens with zero attached hydrogens (tertiary/aromatic N) is 6. The fourth-order valence-corrected chi connectivity index (χ4v) is 2.83. The zero-order valence-corrected chi connectivity index (χ0v) is 15.2. The summed E-state index contributed by atoms with van der Waals surface area (Å²) in [6, 6.07) is 6.02. The molecule has 4 rings (SSSR count). The van der Waals surface area contributed by atoms with E-state index in [9.17, 15) is 9.18 Å². The minimum absolute atomic E-state index is 0.136. The molecule has 0 saturated carbocycles. The summed E-state index contributed by atoms with van der Waals surface area (Å²) in [7, 11) is 0. The highest BCUT2D eigenvalue weighted by molar-refractivity contribution is 6.04. The van der Waals surface area contributed by atoms with Crippen LogP contribution in [0.3, 0.4) is 0 Å². The molecule has 1 N–H and O–H groups in total. The molecule has 8 nitrogen and oxygen atoms in total. The quantitative estimate of drug-likeness (QED) is 0.586. The number of nitrogens with one attached hydrogen (secondary N) is 1. The summed E-state index contributed by atoms with van der Waals surface area (Å²) in [5.74, 6) is -0.439. The maximum atomic E-state index is 14.0. The molecule has 1 amide bonds. The number of fused-ring (bicyclic) bond motifs is 1. The van der Waals surface area contributed by atoms with Crippen LogP contribution in [0.5, 0.6) is 0 Å². The summed E-state index contributed by atoms with van der Waals surface area (Å²) in [6.07, 6.45) is 4.55. The van der Waals surface area contributed by atoms with Gasteiger partial charge in [-0.05, 0) is 26.0 Å². The third kappa shape index (κ3) is 3.29. The zero-order chi connectivity index (χ0) is 19.7. The van der Waals surface area contributed by atoms with Crippen molar-refractivity contribution in [2.24, 2.45) is 0 Å². The molecule has 9 heteroatoms. The van der Waals surface area contributed by atoms with Gasteiger partial charge in [-0.2, -0.15) is 5.10 Å². The van der Waals surface area contributed by atoms with E-state index in [1.54, 1.807) is 26.1 Å². The summed E-state index contributed by atoms with van der Waals surface area (Å²) in [6.45, 7) is 3.77. The fraction of sp³-hybridized carbons (Fsp3) is 0.158. The lowest BCUT2D eigenvalue weighted by Crippen LogP contribution is -2.24. The largest absolute Gasteiger partial charge is 0.348 e. The van der Waals surface area contributed by atoms with Gasteiger partial charge in [-0.15, -0.1) is 0 Å². The number of carbonyl (C=O) groups excluding carboxylic acids is 1. The first-order valence-corrected chi connectivity index (χ1v) is 8.54. The Bertz CT molecular complexity index is 1170. The predicted octanol–water partition coefficient (Wildman–Crippen LogP) is 2.29. The Morgan fingerprint density at radius 1 is 1.21 bits per heavy atom. The van der Waals surface area contributed by atoms with Crippen molar-refractivity contribution >= 4 is 16.9 Å². The van der Waals surface area contributed by atoms with E-state index in [1.807, 2.05) is 6.07 Å². The van der Waals surface area contributed by atoms with Crippen LogP contribution in [0.2, 0.25) is 0 Å². The molecule has 28 heavy (non-hydrogen) atoms. The Morgan fingerprint density at radius 3 is 2.82 bits per heavy atom. The molecule has 3 heterocycles. The molecule has 0 aliphatic carbocycles. The summed E-state index contributed by atoms with van der Waals surface area (Å²) in [5, 5.41) is 6.86. The van der Waals surface area contributed by atoms with Gasteiger partial charge in [-0.25, -0.2) is 29.0 Å². The van der Waals surface area contributed by atoms with E-state index < -0.39 is 11.7 Å². The lowest BCUT2D eigenvalue weighted by Gasteiger charge is -2.11. The standard InChI is InChI=1S/C19H16FN7O/c1-11-12(2)26-17-15(6-14(20)7-16(17)25-11)19(28)23-8-13-4-3-5-22-18(13)27-10-21-9-24-27/h3-7,9-10H,8H2,1-2H3,(H,23,28). The van der Waals surface area contributed by atoms with Gasteiger partial charge in [0.15, 0.2) is 5.82 Å². The topological polar surface area (TPSA) is 98.5 Å². The van der Waals surface area contributed by atoms with E-state index >= 15 is 0 Å². The Balaban J connectivity index is 1.65. The van der Waals surface area contributed by atoms with E-state index in [0.29, 0.717) is 28.2 Å². The smallest absolute Gasteiger partial charge is 0.253 e. The molecule has 0 unspecified atom stereocenters. The average molecular weight is 377 g/mol. The highest BCUT2D eigenvalue weighted by atomic mass is 19.1. The van der Waals surface area contributed by atoms with Crippen LogP contribution < -0.4 is 5.32 Å². The number of aromatic nitrogens is 6. The molecular weight excluding hydrogens is 361 g/mol. The van der Waals surface area contributed by atoms with Crippen LogP contribution in [0.25, 0.3) is 16.9 Å². The number of pyridine rings is 1. The molecule has 1 aromatic carbocycles. The summed E-state index contributed by atoms with van der Waals surface area (Å²) >= 11 is 0. The Morgan fingerprint density at radius 2 is 2.04 bits per heavy atom. The van der Waals surface area contributed by atoms with Crippen LogP contribution >= 0.6 is 0 Å². The summed E-state index contributed by atoms with van der Waals surface area (Å²) in [5.41, 5.74) is 2.96.